The average molecular weight is 329 g/mol. The quantitative estimate of drug-likeness (QED) is 0.760. The zero-order chi connectivity index (χ0) is 15.0. The van der Waals surface area contributed by atoms with E-state index in [4.69, 9.17) is 20.4 Å². The summed E-state index contributed by atoms with van der Waals surface area (Å²) in [6.07, 6.45) is 0. The van der Waals surface area contributed by atoms with Crippen molar-refractivity contribution in [1.29, 1.82) is 0 Å². The van der Waals surface area contributed by atoms with E-state index in [1.165, 1.54) is 24.3 Å². The first-order chi connectivity index (χ1) is 9.94. The van der Waals surface area contributed by atoms with Crippen LogP contribution >= 0.6 is 11.6 Å². The van der Waals surface area contributed by atoms with Crippen LogP contribution in [-0.4, -0.2) is 13.4 Å². The summed E-state index contributed by atoms with van der Waals surface area (Å²) in [7, 11) is -3.76. The van der Waals surface area contributed by atoms with Crippen LogP contribution in [0.2, 0.25) is 5.22 Å². The van der Waals surface area contributed by atoms with Crippen LogP contribution in [0.15, 0.2) is 48.9 Å². The van der Waals surface area contributed by atoms with E-state index in [9.17, 15) is 13.2 Å². The van der Waals surface area contributed by atoms with Crippen molar-refractivity contribution in [3.8, 4) is 0 Å². The molecule has 0 saturated heterocycles. The Labute approximate surface area is 123 Å². The fraction of sp³-hybridized carbons (Fsp3) is 0.0833. The van der Waals surface area contributed by atoms with Gasteiger partial charge in [0.1, 0.15) is 5.76 Å². The van der Waals surface area contributed by atoms with Gasteiger partial charge in [0.15, 0.2) is 10.8 Å². The lowest BCUT2D eigenvalue weighted by molar-refractivity contribution is 0.500. The van der Waals surface area contributed by atoms with Crippen LogP contribution < -0.4 is 10.5 Å². The molecule has 0 aliphatic carbocycles. The SMILES string of the molecule is O=c1[nH]c2ccc(S(=O)(=O)NCc3ccc(Cl)o3)cc2o1. The number of rotatable bonds is 4. The van der Waals surface area contributed by atoms with Gasteiger partial charge in [0.25, 0.3) is 0 Å². The lowest BCUT2D eigenvalue weighted by Gasteiger charge is -2.04. The summed E-state index contributed by atoms with van der Waals surface area (Å²) in [6, 6.07) is 7.18. The second-order valence-corrected chi connectivity index (χ2v) is 6.34. The molecule has 1 aromatic carbocycles. The molecule has 110 valence electrons. The third-order valence-corrected chi connectivity index (χ3v) is 4.37. The first-order valence-electron chi connectivity index (χ1n) is 5.81. The molecule has 0 atom stereocenters. The lowest BCUT2D eigenvalue weighted by Crippen LogP contribution is -2.22. The highest BCUT2D eigenvalue weighted by molar-refractivity contribution is 7.89. The van der Waals surface area contributed by atoms with Gasteiger partial charge in [-0.3, -0.25) is 4.98 Å². The van der Waals surface area contributed by atoms with Crippen LogP contribution in [0.1, 0.15) is 5.76 Å². The second-order valence-electron chi connectivity index (χ2n) is 4.20. The first-order valence-corrected chi connectivity index (χ1v) is 7.67. The Morgan fingerprint density at radius 3 is 2.71 bits per heavy atom. The van der Waals surface area contributed by atoms with Gasteiger partial charge in [0, 0.05) is 6.07 Å². The van der Waals surface area contributed by atoms with Gasteiger partial charge < -0.3 is 8.83 Å². The van der Waals surface area contributed by atoms with Crippen LogP contribution in [0.5, 0.6) is 0 Å². The molecule has 0 spiro atoms. The van der Waals surface area contributed by atoms with Gasteiger partial charge in [0.2, 0.25) is 10.0 Å². The van der Waals surface area contributed by atoms with E-state index in [0.29, 0.717) is 11.3 Å². The summed E-state index contributed by atoms with van der Waals surface area (Å²) >= 11 is 5.61. The summed E-state index contributed by atoms with van der Waals surface area (Å²) in [5.74, 6) is -0.254. The van der Waals surface area contributed by atoms with E-state index in [1.807, 2.05) is 0 Å². The minimum Gasteiger partial charge on any atom is -0.448 e. The van der Waals surface area contributed by atoms with Gasteiger partial charge in [-0.2, -0.15) is 0 Å². The smallest absolute Gasteiger partial charge is 0.417 e. The van der Waals surface area contributed by atoms with Gasteiger partial charge >= 0.3 is 5.76 Å². The number of benzene rings is 1. The van der Waals surface area contributed by atoms with Crippen LogP contribution in [0.4, 0.5) is 0 Å². The summed E-state index contributed by atoms with van der Waals surface area (Å²) < 4.78 is 36.6. The molecule has 0 aliphatic rings. The fourth-order valence-corrected chi connectivity index (χ4v) is 2.96. The number of halogens is 1. The van der Waals surface area contributed by atoms with Crippen molar-refractivity contribution in [2.75, 3.05) is 0 Å². The highest BCUT2D eigenvalue weighted by atomic mass is 35.5. The normalized spacial score (nSPS) is 12.0. The summed E-state index contributed by atoms with van der Waals surface area (Å²) in [6.45, 7) is -0.0375. The molecule has 9 heteroatoms. The Balaban J connectivity index is 1.86. The average Bonchev–Trinajstić information content (AvgIpc) is 3.00. The van der Waals surface area contributed by atoms with Crippen LogP contribution in [0.25, 0.3) is 11.1 Å². The van der Waals surface area contributed by atoms with Crippen LogP contribution in [0.3, 0.4) is 0 Å². The molecule has 7 nitrogen and oxygen atoms in total. The number of nitrogens with one attached hydrogen (secondary N) is 2. The maximum Gasteiger partial charge on any atom is 0.417 e. The Bertz CT molecular complexity index is 953. The number of furan rings is 1. The third-order valence-electron chi connectivity index (χ3n) is 2.77. The van der Waals surface area contributed by atoms with Gasteiger partial charge in [-0.15, -0.1) is 0 Å². The van der Waals surface area contributed by atoms with Crippen molar-refractivity contribution in [2.45, 2.75) is 11.4 Å². The second kappa shape index (κ2) is 5.06. The van der Waals surface area contributed by atoms with E-state index >= 15 is 0 Å². The molecule has 2 N–H and O–H groups in total. The largest absolute Gasteiger partial charge is 0.448 e. The number of hydrogen-bond donors (Lipinski definition) is 2. The zero-order valence-electron chi connectivity index (χ0n) is 10.4. The minimum atomic E-state index is -3.76. The number of aromatic nitrogens is 1. The maximum atomic E-state index is 12.1. The summed E-state index contributed by atoms with van der Waals surface area (Å²) in [5, 5.41) is 0.180. The first kappa shape index (κ1) is 13.9. The van der Waals surface area contributed by atoms with Gasteiger partial charge in [-0.25, -0.2) is 17.9 Å². The van der Waals surface area contributed by atoms with E-state index in [2.05, 4.69) is 9.71 Å². The van der Waals surface area contributed by atoms with Gasteiger partial charge in [-0.05, 0) is 35.9 Å². The summed E-state index contributed by atoms with van der Waals surface area (Å²) in [5.41, 5.74) is 0.598. The molecule has 0 bridgehead atoms. The monoisotopic (exact) mass is 328 g/mol. The Morgan fingerprint density at radius 2 is 2.00 bits per heavy atom. The molecular weight excluding hydrogens is 320 g/mol. The van der Waals surface area contributed by atoms with Crippen LogP contribution in [0, 0.1) is 0 Å². The molecule has 0 fully saturated rings. The van der Waals surface area contributed by atoms with Crippen molar-refractivity contribution in [3.05, 3.63) is 51.9 Å². The lowest BCUT2D eigenvalue weighted by atomic mass is 10.3. The van der Waals surface area contributed by atoms with Crippen molar-refractivity contribution >= 4 is 32.7 Å². The molecule has 2 heterocycles. The van der Waals surface area contributed by atoms with Gasteiger partial charge in [0.05, 0.1) is 17.0 Å². The predicted molar refractivity (Wildman–Crippen MR) is 74.6 cm³/mol. The Morgan fingerprint density at radius 1 is 1.19 bits per heavy atom. The van der Waals surface area contributed by atoms with Crippen molar-refractivity contribution in [1.82, 2.24) is 9.71 Å². The van der Waals surface area contributed by atoms with E-state index in [-0.39, 0.29) is 22.2 Å². The molecule has 2 aromatic heterocycles. The van der Waals surface area contributed by atoms with Crippen LogP contribution in [-0.2, 0) is 16.6 Å². The minimum absolute atomic E-state index is 0.0181. The molecule has 0 unspecified atom stereocenters. The molecule has 3 rings (SSSR count). The standard InChI is InChI=1S/C12H9ClN2O5S/c13-11-4-1-7(19-11)6-14-21(17,18)8-2-3-9-10(5-8)20-12(16)15-9/h1-5,14H,6H2,(H,15,16). The molecule has 3 aromatic rings. The van der Waals surface area contributed by atoms with Crippen molar-refractivity contribution < 1.29 is 17.3 Å². The molecule has 0 radical (unpaired) electrons. The molecule has 21 heavy (non-hydrogen) atoms. The van der Waals surface area contributed by atoms with Crippen molar-refractivity contribution in [3.63, 3.8) is 0 Å². The van der Waals surface area contributed by atoms with Gasteiger partial charge in [-0.1, -0.05) is 0 Å². The van der Waals surface area contributed by atoms with E-state index in [0.717, 1.165) is 0 Å². The van der Waals surface area contributed by atoms with E-state index < -0.39 is 15.8 Å². The predicted octanol–water partition coefficient (Wildman–Crippen LogP) is 1.85. The topological polar surface area (TPSA) is 105 Å². The molecule has 0 aliphatic heterocycles. The fourth-order valence-electron chi connectivity index (χ4n) is 1.79. The Kier molecular flexibility index (Phi) is 3.36. The maximum absolute atomic E-state index is 12.1. The highest BCUT2D eigenvalue weighted by Gasteiger charge is 2.16. The number of hydrogen-bond acceptors (Lipinski definition) is 5. The number of fused-ring (bicyclic) bond motifs is 1. The number of aromatic amines is 1. The third kappa shape index (κ3) is 2.87. The molecule has 0 saturated carbocycles. The van der Waals surface area contributed by atoms with E-state index in [1.54, 1.807) is 6.07 Å². The highest BCUT2D eigenvalue weighted by Crippen LogP contribution is 2.18. The summed E-state index contributed by atoms with van der Waals surface area (Å²) in [4.78, 5) is 13.5. The Hall–Kier alpha value is -2.03. The molecular formula is C12H9ClN2O5S. The number of sulfonamides is 1. The molecule has 0 amide bonds. The number of H-pyrrole nitrogens is 1. The van der Waals surface area contributed by atoms with Crippen molar-refractivity contribution in [2.24, 2.45) is 0 Å². The zero-order valence-corrected chi connectivity index (χ0v) is 12.0. The number of oxazole rings is 1.